The van der Waals surface area contributed by atoms with Gasteiger partial charge in [0.25, 0.3) is 0 Å². The fraction of sp³-hybridized carbons (Fsp3) is 0.267. The molecule has 0 unspecified atom stereocenters. The maximum absolute atomic E-state index is 6.23. The van der Waals surface area contributed by atoms with E-state index in [2.05, 4.69) is 20.3 Å². The van der Waals surface area contributed by atoms with Crippen molar-refractivity contribution in [3.8, 4) is 11.3 Å². The molecule has 7 heteroatoms. The zero-order valence-electron chi connectivity index (χ0n) is 11.9. The fourth-order valence-electron chi connectivity index (χ4n) is 2.33. The highest BCUT2D eigenvalue weighted by Gasteiger charge is 2.24. The van der Waals surface area contributed by atoms with Crippen molar-refractivity contribution in [3.05, 3.63) is 28.4 Å². The molecule has 0 aromatic carbocycles. The van der Waals surface area contributed by atoms with Gasteiger partial charge in [0.05, 0.1) is 16.8 Å². The van der Waals surface area contributed by atoms with Gasteiger partial charge < -0.3 is 11.1 Å². The lowest BCUT2D eigenvalue weighted by atomic mass is 10.1. The first-order valence-corrected chi connectivity index (χ1v) is 8.26. The summed E-state index contributed by atoms with van der Waals surface area (Å²) in [7, 11) is 0. The zero-order valence-corrected chi connectivity index (χ0v) is 13.5. The number of thiophene rings is 1. The Hall–Kier alpha value is -1.92. The molecule has 22 heavy (non-hydrogen) atoms. The first-order valence-electron chi connectivity index (χ1n) is 7.07. The number of nitrogen functional groups attached to an aromatic ring is 1. The number of aromatic nitrogens is 3. The number of aryl methyl sites for hydroxylation is 1. The molecule has 4 rings (SSSR count). The predicted molar refractivity (Wildman–Crippen MR) is 91.5 cm³/mol. The van der Waals surface area contributed by atoms with Crippen molar-refractivity contribution in [2.45, 2.75) is 25.8 Å². The molecule has 0 amide bonds. The Balaban J connectivity index is 1.94. The van der Waals surface area contributed by atoms with Gasteiger partial charge in [-0.15, -0.1) is 11.3 Å². The standard InChI is InChI=1S/C15H14ClN5S/c1-7-12(17)11-13(8-2-5-10(16)18-6-8)20-15(19-9-3-4-9)21-14(11)22-7/h2,5-6,9H,3-4,17H2,1H3,(H,19,20,21). The average Bonchev–Trinajstić information content (AvgIpc) is 3.26. The lowest BCUT2D eigenvalue weighted by Gasteiger charge is -2.08. The summed E-state index contributed by atoms with van der Waals surface area (Å²) in [6, 6.07) is 4.16. The van der Waals surface area contributed by atoms with Gasteiger partial charge in [0, 0.05) is 22.7 Å². The molecule has 0 aliphatic heterocycles. The summed E-state index contributed by atoms with van der Waals surface area (Å²) in [6.07, 6.45) is 4.06. The van der Waals surface area contributed by atoms with Gasteiger partial charge in [0.1, 0.15) is 9.98 Å². The monoisotopic (exact) mass is 331 g/mol. The van der Waals surface area contributed by atoms with Crippen molar-refractivity contribution in [2.24, 2.45) is 0 Å². The number of hydrogen-bond donors (Lipinski definition) is 2. The van der Waals surface area contributed by atoms with Crippen LogP contribution in [0.5, 0.6) is 0 Å². The van der Waals surface area contributed by atoms with Crippen LogP contribution in [0.15, 0.2) is 18.3 Å². The molecule has 5 nitrogen and oxygen atoms in total. The van der Waals surface area contributed by atoms with E-state index >= 15 is 0 Å². The van der Waals surface area contributed by atoms with Gasteiger partial charge in [-0.05, 0) is 31.9 Å². The van der Waals surface area contributed by atoms with Gasteiger partial charge in [0.2, 0.25) is 5.95 Å². The third kappa shape index (κ3) is 2.38. The first-order chi connectivity index (χ1) is 10.6. The number of hydrogen-bond acceptors (Lipinski definition) is 6. The van der Waals surface area contributed by atoms with E-state index < -0.39 is 0 Å². The molecule has 3 aromatic heterocycles. The van der Waals surface area contributed by atoms with E-state index in [1.54, 1.807) is 23.6 Å². The van der Waals surface area contributed by atoms with E-state index in [9.17, 15) is 0 Å². The molecule has 3 aromatic rings. The quantitative estimate of drug-likeness (QED) is 0.712. The van der Waals surface area contributed by atoms with Crippen molar-refractivity contribution in [1.29, 1.82) is 0 Å². The van der Waals surface area contributed by atoms with Gasteiger partial charge in [-0.1, -0.05) is 11.6 Å². The molecule has 0 saturated heterocycles. The van der Waals surface area contributed by atoms with Crippen LogP contribution in [0.3, 0.4) is 0 Å². The summed E-state index contributed by atoms with van der Waals surface area (Å²) in [5, 5.41) is 4.71. The van der Waals surface area contributed by atoms with Crippen LogP contribution < -0.4 is 11.1 Å². The van der Waals surface area contributed by atoms with Crippen LogP contribution in [0, 0.1) is 6.92 Å². The molecule has 0 bridgehead atoms. The van der Waals surface area contributed by atoms with E-state index in [0.29, 0.717) is 17.1 Å². The maximum atomic E-state index is 6.23. The fourth-order valence-corrected chi connectivity index (χ4v) is 3.39. The van der Waals surface area contributed by atoms with Gasteiger partial charge >= 0.3 is 0 Å². The largest absolute Gasteiger partial charge is 0.397 e. The van der Waals surface area contributed by atoms with Gasteiger partial charge in [-0.3, -0.25) is 0 Å². The van der Waals surface area contributed by atoms with E-state index in [0.717, 1.165) is 32.0 Å². The summed E-state index contributed by atoms with van der Waals surface area (Å²) in [5.41, 5.74) is 8.67. The third-order valence-corrected chi connectivity index (χ3v) is 4.92. The summed E-state index contributed by atoms with van der Waals surface area (Å²) in [6.45, 7) is 2.00. The van der Waals surface area contributed by atoms with Crippen LogP contribution >= 0.6 is 22.9 Å². The highest BCUT2D eigenvalue weighted by Crippen LogP contribution is 2.39. The maximum Gasteiger partial charge on any atom is 0.224 e. The minimum absolute atomic E-state index is 0.458. The highest BCUT2D eigenvalue weighted by atomic mass is 35.5. The predicted octanol–water partition coefficient (Wildman–Crippen LogP) is 3.87. The second kappa shape index (κ2) is 5.07. The highest BCUT2D eigenvalue weighted by molar-refractivity contribution is 7.19. The van der Waals surface area contributed by atoms with E-state index in [1.165, 1.54) is 12.8 Å². The molecular formula is C15H14ClN5S. The lowest BCUT2D eigenvalue weighted by Crippen LogP contribution is -2.06. The molecular weight excluding hydrogens is 318 g/mol. The van der Waals surface area contributed by atoms with Crippen LogP contribution in [0.1, 0.15) is 17.7 Å². The number of nitrogens with two attached hydrogens (primary N) is 1. The van der Waals surface area contributed by atoms with Crippen LogP contribution in [0.4, 0.5) is 11.6 Å². The molecule has 1 saturated carbocycles. The Morgan fingerprint density at radius 2 is 2.14 bits per heavy atom. The van der Waals surface area contributed by atoms with Crippen LogP contribution in [-0.2, 0) is 0 Å². The smallest absolute Gasteiger partial charge is 0.224 e. The van der Waals surface area contributed by atoms with Gasteiger partial charge in [0.15, 0.2) is 0 Å². The number of fused-ring (bicyclic) bond motifs is 1. The van der Waals surface area contributed by atoms with Crippen molar-refractivity contribution in [1.82, 2.24) is 15.0 Å². The van der Waals surface area contributed by atoms with Crippen molar-refractivity contribution >= 4 is 44.8 Å². The number of rotatable bonds is 3. The van der Waals surface area contributed by atoms with E-state index in [4.69, 9.17) is 17.3 Å². The normalized spacial score (nSPS) is 14.5. The molecule has 1 fully saturated rings. The molecule has 0 spiro atoms. The summed E-state index contributed by atoms with van der Waals surface area (Å²) in [5.74, 6) is 0.654. The topological polar surface area (TPSA) is 76.7 Å². The molecule has 0 radical (unpaired) electrons. The Bertz CT molecular complexity index is 854. The summed E-state index contributed by atoms with van der Waals surface area (Å²) >= 11 is 7.47. The number of anilines is 2. The average molecular weight is 332 g/mol. The van der Waals surface area contributed by atoms with E-state index in [-0.39, 0.29) is 0 Å². The molecule has 1 aliphatic carbocycles. The van der Waals surface area contributed by atoms with Crippen molar-refractivity contribution in [2.75, 3.05) is 11.1 Å². The Morgan fingerprint density at radius 3 is 2.82 bits per heavy atom. The molecule has 1 aliphatic rings. The van der Waals surface area contributed by atoms with Crippen molar-refractivity contribution < 1.29 is 0 Å². The third-order valence-electron chi connectivity index (χ3n) is 3.69. The summed E-state index contributed by atoms with van der Waals surface area (Å²) < 4.78 is 0. The number of halogens is 1. The van der Waals surface area contributed by atoms with E-state index in [1.807, 2.05) is 13.0 Å². The number of nitrogens with one attached hydrogen (secondary N) is 1. The number of pyridine rings is 1. The SMILES string of the molecule is Cc1sc2nc(NC3CC3)nc(-c3ccc(Cl)nc3)c2c1N. The van der Waals surface area contributed by atoms with Crippen molar-refractivity contribution in [3.63, 3.8) is 0 Å². The second-order valence-electron chi connectivity index (χ2n) is 5.44. The minimum atomic E-state index is 0.458. The second-order valence-corrected chi connectivity index (χ2v) is 7.03. The van der Waals surface area contributed by atoms with Gasteiger partial charge in [-0.25, -0.2) is 15.0 Å². The molecule has 3 heterocycles. The van der Waals surface area contributed by atoms with Crippen LogP contribution in [0.25, 0.3) is 21.5 Å². The molecule has 0 atom stereocenters. The first kappa shape index (κ1) is 13.7. The molecule has 3 N–H and O–H groups in total. The Labute approximate surface area is 136 Å². The van der Waals surface area contributed by atoms with Crippen LogP contribution in [0.2, 0.25) is 5.15 Å². The number of nitrogens with zero attached hydrogens (tertiary/aromatic N) is 3. The van der Waals surface area contributed by atoms with Crippen LogP contribution in [-0.4, -0.2) is 21.0 Å². The Morgan fingerprint density at radius 1 is 1.32 bits per heavy atom. The Kier molecular flexibility index (Phi) is 3.16. The lowest BCUT2D eigenvalue weighted by molar-refractivity contribution is 1.08. The minimum Gasteiger partial charge on any atom is -0.397 e. The molecule has 112 valence electrons. The zero-order chi connectivity index (χ0) is 15.3. The van der Waals surface area contributed by atoms with Gasteiger partial charge in [-0.2, -0.15) is 0 Å². The summed E-state index contributed by atoms with van der Waals surface area (Å²) in [4.78, 5) is 15.4.